The minimum atomic E-state index is -0.731. The van der Waals surface area contributed by atoms with E-state index in [-0.39, 0.29) is 17.4 Å². The molecule has 2 heterocycles. The molecule has 1 amide bonds. The number of hydrogen-bond donors (Lipinski definition) is 1. The number of aliphatic hydroxyl groups excluding tert-OH is 1. The van der Waals surface area contributed by atoms with Crippen molar-refractivity contribution in [1.82, 2.24) is 9.80 Å². The Morgan fingerprint density at radius 2 is 1.67 bits per heavy atom. The maximum absolute atomic E-state index is 13.4. The molecule has 2 aromatic carbocycles. The molecule has 174 valence electrons. The Balaban J connectivity index is 1.73. The van der Waals surface area contributed by atoms with E-state index in [1.54, 1.807) is 12.1 Å². The molecule has 2 aliphatic rings. The first-order chi connectivity index (χ1) is 15.8. The summed E-state index contributed by atoms with van der Waals surface area (Å²) in [6.45, 7) is 6.86. The Hall–Kier alpha value is -3.19. The lowest BCUT2D eigenvalue weighted by molar-refractivity contribution is -0.140. The summed E-state index contributed by atoms with van der Waals surface area (Å²) in [6, 6.07) is 11.7. The third-order valence-electron chi connectivity index (χ3n) is 6.08. The number of hydrogen-bond acceptors (Lipinski definition) is 5. The second-order valence-corrected chi connectivity index (χ2v) is 8.78. The summed E-state index contributed by atoms with van der Waals surface area (Å²) in [5.74, 6) is -1.43. The molecule has 4 rings (SSSR count). The van der Waals surface area contributed by atoms with E-state index in [0.717, 1.165) is 25.9 Å². The van der Waals surface area contributed by atoms with Crippen LogP contribution in [0.3, 0.4) is 0 Å². The van der Waals surface area contributed by atoms with E-state index < -0.39 is 23.5 Å². The molecule has 0 radical (unpaired) electrons. The van der Waals surface area contributed by atoms with Gasteiger partial charge >= 0.3 is 0 Å². The van der Waals surface area contributed by atoms with Crippen LogP contribution in [0.4, 0.5) is 4.39 Å². The molecule has 2 aliphatic heterocycles. The number of ketones is 1. The van der Waals surface area contributed by atoms with E-state index in [2.05, 4.69) is 4.90 Å². The highest BCUT2D eigenvalue weighted by Crippen LogP contribution is 2.39. The van der Waals surface area contributed by atoms with Gasteiger partial charge < -0.3 is 19.6 Å². The van der Waals surface area contributed by atoms with Crippen molar-refractivity contribution < 1.29 is 23.8 Å². The third-order valence-corrected chi connectivity index (χ3v) is 6.08. The zero-order valence-corrected chi connectivity index (χ0v) is 19.0. The average Bonchev–Trinajstić information content (AvgIpc) is 3.39. The van der Waals surface area contributed by atoms with E-state index >= 15 is 0 Å². The molecule has 0 aromatic heterocycles. The zero-order chi connectivity index (χ0) is 23.5. The van der Waals surface area contributed by atoms with Gasteiger partial charge in [-0.05, 0) is 81.7 Å². The first-order valence-corrected chi connectivity index (χ1v) is 11.4. The molecule has 0 saturated carbocycles. The standard InChI is InChI=1S/C26H29FN2O4/c1-17(2)33-21-11-7-18(8-12-21)23-22(24(30)19-5-9-20(27)10-6-19)25(31)26(32)29(23)16-15-28-13-3-4-14-28/h5-12,17,23,30H,3-4,13-16H2,1-2H3/b24-22+. The number of ether oxygens (including phenoxy) is 1. The zero-order valence-electron chi connectivity index (χ0n) is 19.0. The van der Waals surface area contributed by atoms with Crippen LogP contribution in [0.15, 0.2) is 54.1 Å². The number of nitrogens with zero attached hydrogens (tertiary/aromatic N) is 2. The number of likely N-dealkylation sites (tertiary alicyclic amines) is 2. The van der Waals surface area contributed by atoms with Crippen molar-refractivity contribution in [1.29, 1.82) is 0 Å². The number of aliphatic hydroxyl groups is 1. The first kappa shape index (κ1) is 23.0. The van der Waals surface area contributed by atoms with E-state index in [1.807, 2.05) is 26.0 Å². The number of rotatable bonds is 7. The minimum Gasteiger partial charge on any atom is -0.507 e. The number of halogens is 1. The fourth-order valence-electron chi connectivity index (χ4n) is 4.48. The number of benzene rings is 2. The maximum Gasteiger partial charge on any atom is 0.295 e. The summed E-state index contributed by atoms with van der Waals surface area (Å²) in [6.07, 6.45) is 2.27. The van der Waals surface area contributed by atoms with E-state index in [1.165, 1.54) is 29.2 Å². The lowest BCUT2D eigenvalue weighted by Crippen LogP contribution is -2.37. The van der Waals surface area contributed by atoms with Crippen molar-refractivity contribution in [3.8, 4) is 5.75 Å². The molecule has 33 heavy (non-hydrogen) atoms. The summed E-state index contributed by atoms with van der Waals surface area (Å²) in [7, 11) is 0. The van der Waals surface area contributed by atoms with Crippen molar-refractivity contribution in [3.63, 3.8) is 0 Å². The van der Waals surface area contributed by atoms with Gasteiger partial charge in [0.15, 0.2) is 0 Å². The maximum atomic E-state index is 13.4. The summed E-state index contributed by atoms with van der Waals surface area (Å²) < 4.78 is 19.1. The van der Waals surface area contributed by atoms with Gasteiger partial charge in [0.1, 0.15) is 17.3 Å². The van der Waals surface area contributed by atoms with Crippen LogP contribution in [-0.2, 0) is 9.59 Å². The fourth-order valence-corrected chi connectivity index (χ4v) is 4.48. The van der Waals surface area contributed by atoms with Crippen LogP contribution in [0, 0.1) is 5.82 Å². The van der Waals surface area contributed by atoms with Crippen LogP contribution in [-0.4, -0.2) is 58.9 Å². The molecule has 1 atom stereocenters. The van der Waals surface area contributed by atoms with Crippen LogP contribution >= 0.6 is 0 Å². The molecule has 2 fully saturated rings. The quantitative estimate of drug-likeness (QED) is 0.389. The molecule has 0 spiro atoms. The molecular weight excluding hydrogens is 423 g/mol. The van der Waals surface area contributed by atoms with Gasteiger partial charge in [-0.15, -0.1) is 0 Å². The van der Waals surface area contributed by atoms with Crippen LogP contribution in [0.5, 0.6) is 5.75 Å². The van der Waals surface area contributed by atoms with Crippen LogP contribution in [0.2, 0.25) is 0 Å². The Kier molecular flexibility index (Phi) is 6.79. The summed E-state index contributed by atoms with van der Waals surface area (Å²) in [5, 5.41) is 11.0. The second-order valence-electron chi connectivity index (χ2n) is 8.78. The van der Waals surface area contributed by atoms with Gasteiger partial charge in [-0.3, -0.25) is 9.59 Å². The Labute approximate surface area is 193 Å². The smallest absolute Gasteiger partial charge is 0.295 e. The summed E-state index contributed by atoms with van der Waals surface area (Å²) in [5.41, 5.74) is 1.01. The summed E-state index contributed by atoms with van der Waals surface area (Å²) >= 11 is 0. The van der Waals surface area contributed by atoms with Gasteiger partial charge in [0, 0.05) is 18.7 Å². The van der Waals surface area contributed by atoms with Crippen molar-refractivity contribution in [2.75, 3.05) is 26.2 Å². The number of carbonyl (C=O) groups is 2. The fraction of sp³-hybridized carbons (Fsp3) is 0.385. The van der Waals surface area contributed by atoms with Gasteiger partial charge in [-0.25, -0.2) is 4.39 Å². The highest BCUT2D eigenvalue weighted by molar-refractivity contribution is 6.46. The van der Waals surface area contributed by atoms with Crippen LogP contribution in [0.1, 0.15) is 43.9 Å². The molecule has 1 N–H and O–H groups in total. The molecule has 0 bridgehead atoms. The third kappa shape index (κ3) is 4.93. The van der Waals surface area contributed by atoms with Crippen LogP contribution < -0.4 is 4.74 Å². The molecule has 1 unspecified atom stereocenters. The highest BCUT2D eigenvalue weighted by atomic mass is 19.1. The van der Waals surface area contributed by atoms with Crippen molar-refractivity contribution >= 4 is 17.4 Å². The topological polar surface area (TPSA) is 70.1 Å². The molecule has 0 aliphatic carbocycles. The molecule has 7 heteroatoms. The van der Waals surface area contributed by atoms with E-state index in [4.69, 9.17) is 4.74 Å². The monoisotopic (exact) mass is 452 g/mol. The second kappa shape index (κ2) is 9.75. The van der Waals surface area contributed by atoms with Gasteiger partial charge in [-0.1, -0.05) is 12.1 Å². The summed E-state index contributed by atoms with van der Waals surface area (Å²) in [4.78, 5) is 29.9. The predicted octanol–water partition coefficient (Wildman–Crippen LogP) is 4.13. The predicted molar refractivity (Wildman–Crippen MR) is 123 cm³/mol. The van der Waals surface area contributed by atoms with Gasteiger partial charge in [0.25, 0.3) is 11.7 Å². The highest BCUT2D eigenvalue weighted by Gasteiger charge is 2.46. The van der Waals surface area contributed by atoms with Gasteiger partial charge in [0.05, 0.1) is 17.7 Å². The SMILES string of the molecule is CC(C)Oc1ccc(C2/C(=C(\O)c3ccc(F)cc3)C(=O)C(=O)N2CCN2CCCC2)cc1. The van der Waals surface area contributed by atoms with Crippen molar-refractivity contribution in [2.45, 2.75) is 38.8 Å². The Morgan fingerprint density at radius 3 is 2.27 bits per heavy atom. The van der Waals surface area contributed by atoms with Crippen LogP contribution in [0.25, 0.3) is 5.76 Å². The lowest BCUT2D eigenvalue weighted by Gasteiger charge is -2.27. The average molecular weight is 453 g/mol. The Bertz CT molecular complexity index is 1040. The molecule has 2 saturated heterocycles. The molecule has 6 nitrogen and oxygen atoms in total. The van der Waals surface area contributed by atoms with E-state index in [9.17, 15) is 19.1 Å². The first-order valence-electron chi connectivity index (χ1n) is 11.4. The number of Topliss-reactive ketones (excluding diaryl/α,β-unsaturated/α-hetero) is 1. The Morgan fingerprint density at radius 1 is 1.03 bits per heavy atom. The molecule has 2 aromatic rings. The lowest BCUT2D eigenvalue weighted by atomic mass is 9.95. The largest absolute Gasteiger partial charge is 0.507 e. The van der Waals surface area contributed by atoms with Gasteiger partial charge in [-0.2, -0.15) is 0 Å². The molecular formula is C26H29FN2O4. The minimum absolute atomic E-state index is 0.0143. The number of carbonyl (C=O) groups excluding carboxylic acids is 2. The van der Waals surface area contributed by atoms with E-state index in [0.29, 0.717) is 30.0 Å². The van der Waals surface area contributed by atoms with Gasteiger partial charge in [0.2, 0.25) is 0 Å². The van der Waals surface area contributed by atoms with Crippen molar-refractivity contribution in [2.24, 2.45) is 0 Å². The van der Waals surface area contributed by atoms with Crippen molar-refractivity contribution in [3.05, 3.63) is 71.0 Å². The number of amides is 1. The normalized spacial score (nSPS) is 20.7.